The molecule has 0 aliphatic carbocycles. The molecule has 4 heteroatoms. The Morgan fingerprint density at radius 3 is 2.69 bits per heavy atom. The van der Waals surface area contributed by atoms with Crippen LogP contribution in [0.2, 0.25) is 0 Å². The zero-order chi connectivity index (χ0) is 9.42. The molecule has 0 saturated carbocycles. The molecule has 0 aliphatic heterocycles. The van der Waals surface area contributed by atoms with Crippen molar-refractivity contribution in [2.75, 3.05) is 5.73 Å². The molecule has 0 saturated heterocycles. The number of aromatic nitrogens is 2. The van der Waals surface area contributed by atoms with Crippen molar-refractivity contribution in [3.63, 3.8) is 0 Å². The van der Waals surface area contributed by atoms with Crippen LogP contribution in [0.4, 0.5) is 5.82 Å². The minimum absolute atomic E-state index is 0.540. The summed E-state index contributed by atoms with van der Waals surface area (Å²) < 4.78 is 0. The van der Waals surface area contributed by atoms with Gasteiger partial charge in [-0.2, -0.15) is 5.10 Å². The number of anilines is 1. The highest BCUT2D eigenvalue weighted by Crippen LogP contribution is 2.29. The van der Waals surface area contributed by atoms with E-state index in [0.29, 0.717) is 5.82 Å². The molecule has 2 aromatic rings. The van der Waals surface area contributed by atoms with Crippen LogP contribution in [0.5, 0.6) is 0 Å². The third-order valence-corrected chi connectivity index (χ3v) is 3.19. The molecule has 0 bridgehead atoms. The van der Waals surface area contributed by atoms with Crippen molar-refractivity contribution in [1.29, 1.82) is 0 Å². The second kappa shape index (κ2) is 2.88. The van der Waals surface area contributed by atoms with Crippen LogP contribution in [-0.2, 0) is 0 Å². The van der Waals surface area contributed by atoms with E-state index in [1.165, 1.54) is 16.0 Å². The first-order valence-corrected chi connectivity index (χ1v) is 4.92. The monoisotopic (exact) mass is 193 g/mol. The minimum Gasteiger partial charge on any atom is -0.382 e. The van der Waals surface area contributed by atoms with Crippen LogP contribution in [0, 0.1) is 13.8 Å². The average molecular weight is 193 g/mol. The van der Waals surface area contributed by atoms with Crippen LogP contribution in [0.3, 0.4) is 0 Å². The summed E-state index contributed by atoms with van der Waals surface area (Å²) in [6, 6.07) is 1.86. The van der Waals surface area contributed by atoms with Crippen LogP contribution in [0.25, 0.3) is 11.3 Å². The Morgan fingerprint density at radius 1 is 1.46 bits per heavy atom. The molecule has 0 radical (unpaired) electrons. The number of nitrogens with zero attached hydrogens (tertiary/aromatic N) is 1. The highest BCUT2D eigenvalue weighted by Gasteiger charge is 2.07. The summed E-state index contributed by atoms with van der Waals surface area (Å²) in [5, 5.41) is 8.93. The topological polar surface area (TPSA) is 54.7 Å². The summed E-state index contributed by atoms with van der Waals surface area (Å²) >= 11 is 1.75. The Bertz CT molecular complexity index is 428. The largest absolute Gasteiger partial charge is 0.382 e. The van der Waals surface area contributed by atoms with Crippen molar-refractivity contribution in [3.05, 3.63) is 21.9 Å². The zero-order valence-corrected chi connectivity index (χ0v) is 8.40. The molecule has 0 spiro atoms. The molecule has 0 amide bonds. The Morgan fingerprint density at radius 2 is 2.23 bits per heavy atom. The number of nitrogens with two attached hydrogens (primary N) is 1. The first-order chi connectivity index (χ1) is 6.18. The Hall–Kier alpha value is -1.29. The van der Waals surface area contributed by atoms with Crippen molar-refractivity contribution in [1.82, 2.24) is 10.2 Å². The van der Waals surface area contributed by atoms with Gasteiger partial charge in [-0.3, -0.25) is 5.10 Å². The third-order valence-electron chi connectivity index (χ3n) is 2.17. The van der Waals surface area contributed by atoms with E-state index in [9.17, 15) is 0 Å². The molecule has 0 atom stereocenters. The van der Waals surface area contributed by atoms with Crippen LogP contribution < -0.4 is 5.73 Å². The van der Waals surface area contributed by atoms with Gasteiger partial charge in [0.25, 0.3) is 0 Å². The van der Waals surface area contributed by atoms with E-state index in [2.05, 4.69) is 29.4 Å². The van der Waals surface area contributed by atoms with Gasteiger partial charge in [0, 0.05) is 21.9 Å². The van der Waals surface area contributed by atoms with Crippen molar-refractivity contribution < 1.29 is 0 Å². The fourth-order valence-electron chi connectivity index (χ4n) is 1.25. The first-order valence-electron chi connectivity index (χ1n) is 4.04. The van der Waals surface area contributed by atoms with Gasteiger partial charge in [0.05, 0.1) is 5.69 Å². The van der Waals surface area contributed by atoms with Crippen LogP contribution in [0.15, 0.2) is 11.4 Å². The minimum atomic E-state index is 0.540. The molecule has 2 heterocycles. The summed E-state index contributed by atoms with van der Waals surface area (Å²) in [6.07, 6.45) is 0. The van der Waals surface area contributed by atoms with Crippen LogP contribution in [0.1, 0.15) is 10.4 Å². The van der Waals surface area contributed by atoms with E-state index in [4.69, 9.17) is 5.73 Å². The number of rotatable bonds is 1. The zero-order valence-electron chi connectivity index (χ0n) is 7.59. The van der Waals surface area contributed by atoms with Crippen molar-refractivity contribution in [2.24, 2.45) is 0 Å². The first kappa shape index (κ1) is 8.31. The smallest absolute Gasteiger partial charge is 0.145 e. The van der Waals surface area contributed by atoms with Gasteiger partial charge in [0.15, 0.2) is 0 Å². The lowest BCUT2D eigenvalue weighted by Gasteiger charge is -1.94. The predicted molar refractivity (Wildman–Crippen MR) is 55.8 cm³/mol. The van der Waals surface area contributed by atoms with Gasteiger partial charge in [0.2, 0.25) is 0 Å². The number of thiophene rings is 1. The Labute approximate surface area is 80.6 Å². The molecule has 0 aromatic carbocycles. The lowest BCUT2D eigenvalue weighted by atomic mass is 10.1. The molecule has 0 aliphatic rings. The molecule has 0 unspecified atom stereocenters. The highest BCUT2D eigenvalue weighted by atomic mass is 32.1. The van der Waals surface area contributed by atoms with E-state index >= 15 is 0 Å². The second-order valence-electron chi connectivity index (χ2n) is 3.04. The lowest BCUT2D eigenvalue weighted by Crippen LogP contribution is -1.81. The van der Waals surface area contributed by atoms with Crippen LogP contribution in [-0.4, -0.2) is 10.2 Å². The maximum atomic E-state index is 5.53. The SMILES string of the molecule is Cc1scc(-c2cc(N)n[nH]2)c1C. The van der Waals surface area contributed by atoms with Gasteiger partial charge in [-0.05, 0) is 19.4 Å². The number of nitrogens with one attached hydrogen (secondary N) is 1. The standard InChI is InChI=1S/C9H11N3S/c1-5-6(2)13-4-7(5)8-3-9(10)12-11-8/h3-4H,1-2H3,(H3,10,11,12). The molecule has 3 N–H and O–H groups in total. The molecule has 2 aromatic heterocycles. The summed E-state index contributed by atoms with van der Waals surface area (Å²) in [5.41, 5.74) is 9.03. The van der Waals surface area contributed by atoms with E-state index in [1.807, 2.05) is 6.07 Å². The fraction of sp³-hybridized carbons (Fsp3) is 0.222. The number of H-pyrrole nitrogens is 1. The Kier molecular flexibility index (Phi) is 1.84. The summed E-state index contributed by atoms with van der Waals surface area (Å²) in [7, 11) is 0. The molecular formula is C9H11N3S. The number of aromatic amines is 1. The summed E-state index contributed by atoms with van der Waals surface area (Å²) in [6.45, 7) is 4.22. The summed E-state index contributed by atoms with van der Waals surface area (Å²) in [4.78, 5) is 1.34. The van der Waals surface area contributed by atoms with Gasteiger partial charge in [-0.25, -0.2) is 0 Å². The number of hydrogen-bond acceptors (Lipinski definition) is 3. The highest BCUT2D eigenvalue weighted by molar-refractivity contribution is 7.10. The number of nitrogen functional groups attached to an aromatic ring is 1. The van der Waals surface area contributed by atoms with Gasteiger partial charge in [-0.1, -0.05) is 0 Å². The van der Waals surface area contributed by atoms with E-state index in [1.54, 1.807) is 11.3 Å². The molecule has 13 heavy (non-hydrogen) atoms. The maximum absolute atomic E-state index is 5.53. The Balaban J connectivity index is 2.52. The van der Waals surface area contributed by atoms with E-state index < -0.39 is 0 Å². The lowest BCUT2D eigenvalue weighted by molar-refractivity contribution is 1.10. The van der Waals surface area contributed by atoms with Gasteiger partial charge < -0.3 is 5.73 Å². The maximum Gasteiger partial charge on any atom is 0.145 e. The van der Waals surface area contributed by atoms with E-state index in [0.717, 1.165) is 5.69 Å². The summed E-state index contributed by atoms with van der Waals surface area (Å²) in [5.74, 6) is 0.540. The third kappa shape index (κ3) is 1.33. The normalized spacial score (nSPS) is 10.6. The van der Waals surface area contributed by atoms with Gasteiger partial charge >= 0.3 is 0 Å². The molecule has 2 rings (SSSR count). The quantitative estimate of drug-likeness (QED) is 0.730. The van der Waals surface area contributed by atoms with Gasteiger partial charge in [0.1, 0.15) is 5.82 Å². The van der Waals surface area contributed by atoms with Crippen LogP contribution >= 0.6 is 11.3 Å². The molecule has 3 nitrogen and oxygen atoms in total. The molecule has 0 fully saturated rings. The van der Waals surface area contributed by atoms with Crippen molar-refractivity contribution in [3.8, 4) is 11.3 Å². The molecular weight excluding hydrogens is 182 g/mol. The van der Waals surface area contributed by atoms with Crippen molar-refractivity contribution in [2.45, 2.75) is 13.8 Å². The predicted octanol–water partition coefficient (Wildman–Crippen LogP) is 2.34. The van der Waals surface area contributed by atoms with Crippen molar-refractivity contribution >= 4 is 17.2 Å². The average Bonchev–Trinajstić information content (AvgIpc) is 2.62. The number of aryl methyl sites for hydroxylation is 1. The van der Waals surface area contributed by atoms with Gasteiger partial charge in [-0.15, -0.1) is 11.3 Å². The second-order valence-corrected chi connectivity index (χ2v) is 4.12. The van der Waals surface area contributed by atoms with E-state index in [-0.39, 0.29) is 0 Å². The number of hydrogen-bond donors (Lipinski definition) is 2. The molecule has 68 valence electrons. The fourth-order valence-corrected chi connectivity index (χ4v) is 2.14.